The van der Waals surface area contributed by atoms with Gasteiger partial charge in [0.15, 0.2) is 0 Å². The lowest BCUT2D eigenvalue weighted by molar-refractivity contribution is 0.101. The first-order chi connectivity index (χ1) is 19.6. The molecule has 6 heteroatoms. The van der Waals surface area contributed by atoms with Crippen molar-refractivity contribution in [2.24, 2.45) is 0 Å². The Kier molecular flexibility index (Phi) is 13.6. The summed E-state index contributed by atoms with van der Waals surface area (Å²) < 4.78 is 11.6. The largest absolute Gasteiger partial charge is 0.494 e. The van der Waals surface area contributed by atoms with E-state index in [1.165, 1.54) is 51.4 Å². The zero-order valence-corrected chi connectivity index (χ0v) is 24.0. The summed E-state index contributed by atoms with van der Waals surface area (Å²) >= 11 is 0. The van der Waals surface area contributed by atoms with Crippen molar-refractivity contribution < 1.29 is 19.1 Å². The highest BCUT2D eigenvalue weighted by Gasteiger charge is 2.10. The summed E-state index contributed by atoms with van der Waals surface area (Å²) in [7, 11) is 0. The minimum Gasteiger partial charge on any atom is -0.494 e. The SMILES string of the molecule is CCCCCCCOc1ccc(NC(=O)c2ccc(C(=O)Nc3ccc(OCCCCCCC)cc3)cc2)cc1. The number of unbranched alkanes of at least 4 members (excludes halogenated alkanes) is 8. The Hall–Kier alpha value is -3.80. The summed E-state index contributed by atoms with van der Waals surface area (Å²) in [5.74, 6) is 1.11. The molecule has 0 aliphatic rings. The molecular formula is C34H44N2O4. The van der Waals surface area contributed by atoms with E-state index in [-0.39, 0.29) is 11.8 Å². The van der Waals surface area contributed by atoms with E-state index >= 15 is 0 Å². The maximum absolute atomic E-state index is 12.7. The number of anilines is 2. The lowest BCUT2D eigenvalue weighted by Crippen LogP contribution is -2.14. The molecule has 6 nitrogen and oxygen atoms in total. The Balaban J connectivity index is 1.41. The number of carbonyl (C=O) groups excluding carboxylic acids is 2. The van der Waals surface area contributed by atoms with Crippen LogP contribution in [0.3, 0.4) is 0 Å². The van der Waals surface area contributed by atoms with Crippen LogP contribution in [0.2, 0.25) is 0 Å². The van der Waals surface area contributed by atoms with Gasteiger partial charge in [0.1, 0.15) is 11.5 Å². The number of amides is 2. The average molecular weight is 545 g/mol. The van der Waals surface area contributed by atoms with Crippen molar-refractivity contribution in [2.45, 2.75) is 78.1 Å². The molecule has 214 valence electrons. The van der Waals surface area contributed by atoms with E-state index in [2.05, 4.69) is 24.5 Å². The third kappa shape index (κ3) is 11.1. The number of hydrogen-bond acceptors (Lipinski definition) is 4. The molecule has 0 radical (unpaired) electrons. The zero-order chi connectivity index (χ0) is 28.4. The Morgan fingerprint density at radius 1 is 0.500 bits per heavy atom. The highest BCUT2D eigenvalue weighted by molar-refractivity contribution is 6.07. The molecule has 3 aromatic rings. The molecule has 0 atom stereocenters. The second-order valence-corrected chi connectivity index (χ2v) is 10.1. The van der Waals surface area contributed by atoms with Crippen LogP contribution in [0.1, 0.15) is 98.8 Å². The van der Waals surface area contributed by atoms with Gasteiger partial charge in [-0.1, -0.05) is 65.2 Å². The van der Waals surface area contributed by atoms with Crippen molar-refractivity contribution in [3.8, 4) is 11.5 Å². The molecule has 0 bridgehead atoms. The fourth-order valence-electron chi connectivity index (χ4n) is 4.24. The summed E-state index contributed by atoms with van der Waals surface area (Å²) in [4.78, 5) is 25.4. The van der Waals surface area contributed by atoms with Crippen LogP contribution in [0, 0.1) is 0 Å². The van der Waals surface area contributed by atoms with Crippen LogP contribution in [-0.2, 0) is 0 Å². The summed E-state index contributed by atoms with van der Waals surface area (Å²) in [6.45, 7) is 5.82. The molecule has 0 unspecified atom stereocenters. The summed E-state index contributed by atoms with van der Waals surface area (Å²) in [5, 5.41) is 5.78. The maximum atomic E-state index is 12.7. The van der Waals surface area contributed by atoms with Crippen molar-refractivity contribution in [2.75, 3.05) is 23.8 Å². The third-order valence-electron chi connectivity index (χ3n) is 6.67. The van der Waals surface area contributed by atoms with E-state index in [0.29, 0.717) is 35.7 Å². The first kappa shape index (κ1) is 30.7. The number of nitrogens with one attached hydrogen (secondary N) is 2. The van der Waals surface area contributed by atoms with Gasteiger partial charge in [-0.25, -0.2) is 0 Å². The van der Waals surface area contributed by atoms with Crippen LogP contribution in [0.5, 0.6) is 11.5 Å². The second-order valence-electron chi connectivity index (χ2n) is 10.1. The first-order valence-electron chi connectivity index (χ1n) is 14.8. The maximum Gasteiger partial charge on any atom is 0.255 e. The molecule has 0 aliphatic carbocycles. The van der Waals surface area contributed by atoms with Gasteiger partial charge in [-0.05, 0) is 85.6 Å². The molecule has 2 amide bonds. The van der Waals surface area contributed by atoms with Crippen LogP contribution >= 0.6 is 0 Å². The lowest BCUT2D eigenvalue weighted by Gasteiger charge is -2.10. The number of hydrogen-bond donors (Lipinski definition) is 2. The smallest absolute Gasteiger partial charge is 0.255 e. The number of ether oxygens (including phenoxy) is 2. The predicted molar refractivity (Wildman–Crippen MR) is 164 cm³/mol. The first-order valence-corrected chi connectivity index (χ1v) is 14.8. The molecule has 40 heavy (non-hydrogen) atoms. The van der Waals surface area contributed by atoms with Gasteiger partial charge in [0, 0.05) is 22.5 Å². The third-order valence-corrected chi connectivity index (χ3v) is 6.67. The van der Waals surface area contributed by atoms with Crippen molar-refractivity contribution in [1.29, 1.82) is 0 Å². The Labute approximate surface area is 239 Å². The predicted octanol–water partition coefficient (Wildman–Crippen LogP) is 8.89. The van der Waals surface area contributed by atoms with Crippen molar-refractivity contribution >= 4 is 23.2 Å². The van der Waals surface area contributed by atoms with Crippen LogP contribution in [0.25, 0.3) is 0 Å². The number of carbonyl (C=O) groups is 2. The molecular weight excluding hydrogens is 500 g/mol. The van der Waals surface area contributed by atoms with E-state index in [9.17, 15) is 9.59 Å². The quantitative estimate of drug-likeness (QED) is 0.157. The van der Waals surface area contributed by atoms with E-state index in [0.717, 1.165) is 24.3 Å². The molecule has 0 fully saturated rings. The van der Waals surface area contributed by atoms with Gasteiger partial charge in [-0.3, -0.25) is 9.59 Å². The molecule has 0 aliphatic heterocycles. The molecule has 3 rings (SSSR count). The Bertz CT molecular complexity index is 1050. The molecule has 0 spiro atoms. The summed E-state index contributed by atoms with van der Waals surface area (Å²) in [5.41, 5.74) is 2.32. The molecule has 3 aromatic carbocycles. The van der Waals surface area contributed by atoms with Gasteiger partial charge in [0.2, 0.25) is 0 Å². The molecule has 0 saturated heterocycles. The zero-order valence-electron chi connectivity index (χ0n) is 24.0. The van der Waals surface area contributed by atoms with Crippen LogP contribution in [0.4, 0.5) is 11.4 Å². The van der Waals surface area contributed by atoms with Gasteiger partial charge < -0.3 is 20.1 Å². The fourth-order valence-corrected chi connectivity index (χ4v) is 4.24. The Morgan fingerprint density at radius 2 is 0.850 bits per heavy atom. The Morgan fingerprint density at radius 3 is 1.20 bits per heavy atom. The van der Waals surface area contributed by atoms with E-state index in [1.54, 1.807) is 24.3 Å². The van der Waals surface area contributed by atoms with Crippen LogP contribution in [0.15, 0.2) is 72.8 Å². The summed E-state index contributed by atoms with van der Waals surface area (Å²) in [6.07, 6.45) is 12.0. The fraction of sp³-hybridized carbons (Fsp3) is 0.412. The average Bonchev–Trinajstić information content (AvgIpc) is 2.98. The monoisotopic (exact) mass is 544 g/mol. The van der Waals surface area contributed by atoms with Gasteiger partial charge >= 0.3 is 0 Å². The molecule has 0 saturated carbocycles. The van der Waals surface area contributed by atoms with Crippen LogP contribution in [-0.4, -0.2) is 25.0 Å². The van der Waals surface area contributed by atoms with Crippen molar-refractivity contribution in [1.82, 2.24) is 0 Å². The number of rotatable bonds is 18. The highest BCUT2D eigenvalue weighted by Crippen LogP contribution is 2.19. The van der Waals surface area contributed by atoms with E-state index < -0.39 is 0 Å². The van der Waals surface area contributed by atoms with Crippen LogP contribution < -0.4 is 20.1 Å². The minimum absolute atomic E-state index is 0.238. The molecule has 0 heterocycles. The van der Waals surface area contributed by atoms with E-state index in [1.807, 2.05) is 48.5 Å². The van der Waals surface area contributed by atoms with Crippen molar-refractivity contribution in [3.05, 3.63) is 83.9 Å². The normalized spacial score (nSPS) is 10.7. The second kappa shape index (κ2) is 17.7. The number of benzene rings is 3. The molecule has 0 aromatic heterocycles. The summed E-state index contributed by atoms with van der Waals surface area (Å²) in [6, 6.07) is 21.4. The van der Waals surface area contributed by atoms with Gasteiger partial charge in [0.05, 0.1) is 13.2 Å². The van der Waals surface area contributed by atoms with E-state index in [4.69, 9.17) is 9.47 Å². The highest BCUT2D eigenvalue weighted by atomic mass is 16.5. The van der Waals surface area contributed by atoms with Gasteiger partial charge in [-0.2, -0.15) is 0 Å². The lowest BCUT2D eigenvalue weighted by atomic mass is 10.1. The molecule has 2 N–H and O–H groups in total. The van der Waals surface area contributed by atoms with Crippen molar-refractivity contribution in [3.63, 3.8) is 0 Å². The minimum atomic E-state index is -0.238. The van der Waals surface area contributed by atoms with Gasteiger partial charge in [0.25, 0.3) is 11.8 Å². The topological polar surface area (TPSA) is 76.7 Å². The standard InChI is InChI=1S/C34H44N2O4/c1-3-5-7-9-11-25-39-31-21-17-29(18-22-31)35-33(37)27-13-15-28(16-14-27)34(38)36-30-19-23-32(24-20-30)40-26-12-10-8-6-4-2/h13-24H,3-12,25-26H2,1-2H3,(H,35,37)(H,36,38). The van der Waals surface area contributed by atoms with Gasteiger partial charge in [-0.15, -0.1) is 0 Å².